The van der Waals surface area contributed by atoms with Crippen LogP contribution in [-0.4, -0.2) is 52.5 Å². The van der Waals surface area contributed by atoms with Crippen LogP contribution in [-0.2, 0) is 6.54 Å². The predicted octanol–water partition coefficient (Wildman–Crippen LogP) is 5.18. The zero-order chi connectivity index (χ0) is 23.1. The largest absolute Gasteiger partial charge is 0.478 e. The molecule has 3 rings (SSSR count). The molecule has 2 aromatic rings. The third-order valence-corrected chi connectivity index (χ3v) is 6.23. The number of amides is 1. The standard InChI is InChI=1S/C27H34N2O3/c1-4-21-5-9-23(10-6-21)26(30)29(19-22-7-11-24(12-8-22)27(31)32)25-14-17-28(18-15-25)16-13-20(2)3/h4-12,20,25H,1,13-19H2,2-3H3,(H,31,32). The average molecular weight is 435 g/mol. The third kappa shape index (κ3) is 6.30. The highest BCUT2D eigenvalue weighted by Crippen LogP contribution is 2.23. The summed E-state index contributed by atoms with van der Waals surface area (Å²) in [4.78, 5) is 29.2. The maximum atomic E-state index is 13.5. The lowest BCUT2D eigenvalue weighted by Gasteiger charge is -2.39. The second kappa shape index (κ2) is 11.1. The first-order chi connectivity index (χ1) is 15.4. The number of nitrogens with zero attached hydrogens (tertiary/aromatic N) is 2. The summed E-state index contributed by atoms with van der Waals surface area (Å²) >= 11 is 0. The smallest absolute Gasteiger partial charge is 0.335 e. The van der Waals surface area contributed by atoms with Crippen LogP contribution in [0.3, 0.4) is 0 Å². The fourth-order valence-electron chi connectivity index (χ4n) is 4.14. The van der Waals surface area contributed by atoms with Crippen molar-refractivity contribution >= 4 is 18.0 Å². The van der Waals surface area contributed by atoms with E-state index in [0.717, 1.165) is 43.6 Å². The SMILES string of the molecule is C=Cc1ccc(C(=O)N(Cc2ccc(C(=O)O)cc2)C2CCN(CCC(C)C)CC2)cc1. The van der Waals surface area contributed by atoms with Crippen LogP contribution in [0.2, 0.25) is 0 Å². The Balaban J connectivity index is 1.76. The summed E-state index contributed by atoms with van der Waals surface area (Å²) in [6, 6.07) is 14.5. The van der Waals surface area contributed by atoms with E-state index in [1.807, 2.05) is 41.3 Å². The van der Waals surface area contributed by atoms with E-state index in [1.165, 1.54) is 6.42 Å². The molecule has 1 saturated heterocycles. The zero-order valence-electron chi connectivity index (χ0n) is 19.2. The van der Waals surface area contributed by atoms with Gasteiger partial charge in [0.05, 0.1) is 5.56 Å². The van der Waals surface area contributed by atoms with Crippen LogP contribution in [0.4, 0.5) is 0 Å². The van der Waals surface area contributed by atoms with Crippen molar-refractivity contribution in [3.8, 4) is 0 Å². The van der Waals surface area contributed by atoms with E-state index in [9.17, 15) is 9.59 Å². The molecular formula is C27H34N2O3. The molecule has 0 bridgehead atoms. The van der Waals surface area contributed by atoms with Crippen molar-refractivity contribution in [2.75, 3.05) is 19.6 Å². The lowest BCUT2D eigenvalue weighted by atomic mass is 9.99. The van der Waals surface area contributed by atoms with Gasteiger partial charge in [0.15, 0.2) is 0 Å². The molecule has 32 heavy (non-hydrogen) atoms. The summed E-state index contributed by atoms with van der Waals surface area (Å²) in [6.07, 6.45) is 4.85. The van der Waals surface area contributed by atoms with Gasteiger partial charge >= 0.3 is 5.97 Å². The van der Waals surface area contributed by atoms with E-state index >= 15 is 0 Å². The maximum Gasteiger partial charge on any atom is 0.335 e. The lowest BCUT2D eigenvalue weighted by molar-refractivity contribution is 0.0545. The molecule has 170 valence electrons. The van der Waals surface area contributed by atoms with Crippen LogP contribution >= 0.6 is 0 Å². The van der Waals surface area contributed by atoms with E-state index in [4.69, 9.17) is 5.11 Å². The molecule has 0 saturated carbocycles. The van der Waals surface area contributed by atoms with E-state index in [1.54, 1.807) is 18.2 Å². The van der Waals surface area contributed by atoms with Gasteiger partial charge in [0.2, 0.25) is 0 Å². The summed E-state index contributed by atoms with van der Waals surface area (Å²) in [5.74, 6) is -0.234. The molecular weight excluding hydrogens is 400 g/mol. The minimum Gasteiger partial charge on any atom is -0.478 e. The number of hydrogen-bond donors (Lipinski definition) is 1. The molecule has 0 spiro atoms. The number of carboxylic acids is 1. The molecule has 1 heterocycles. The summed E-state index contributed by atoms with van der Waals surface area (Å²) in [7, 11) is 0. The number of hydrogen-bond acceptors (Lipinski definition) is 3. The van der Waals surface area contributed by atoms with Gasteiger partial charge in [-0.1, -0.05) is 50.8 Å². The summed E-state index contributed by atoms with van der Waals surface area (Å²) < 4.78 is 0. The molecule has 2 aromatic carbocycles. The number of benzene rings is 2. The predicted molar refractivity (Wildman–Crippen MR) is 129 cm³/mol. The van der Waals surface area contributed by atoms with Crippen molar-refractivity contribution < 1.29 is 14.7 Å². The van der Waals surface area contributed by atoms with E-state index in [-0.39, 0.29) is 17.5 Å². The molecule has 1 amide bonds. The number of carbonyl (C=O) groups excluding carboxylic acids is 1. The van der Waals surface area contributed by atoms with Crippen molar-refractivity contribution in [1.29, 1.82) is 0 Å². The van der Waals surface area contributed by atoms with Gasteiger partial charge in [0, 0.05) is 31.2 Å². The fourth-order valence-corrected chi connectivity index (χ4v) is 4.14. The van der Waals surface area contributed by atoms with Gasteiger partial charge in [0.25, 0.3) is 5.91 Å². The van der Waals surface area contributed by atoms with Gasteiger partial charge in [-0.3, -0.25) is 4.79 Å². The highest BCUT2D eigenvalue weighted by Gasteiger charge is 2.28. The number of likely N-dealkylation sites (tertiary alicyclic amines) is 1. The number of piperidine rings is 1. The molecule has 0 aliphatic carbocycles. The molecule has 0 atom stereocenters. The van der Waals surface area contributed by atoms with Crippen LogP contribution in [0.25, 0.3) is 6.08 Å². The second-order valence-electron chi connectivity index (χ2n) is 9.02. The molecule has 1 fully saturated rings. The van der Waals surface area contributed by atoms with Crippen molar-refractivity contribution in [2.24, 2.45) is 5.92 Å². The highest BCUT2D eigenvalue weighted by molar-refractivity contribution is 5.94. The van der Waals surface area contributed by atoms with Crippen LogP contribution in [0.15, 0.2) is 55.1 Å². The quantitative estimate of drug-likeness (QED) is 0.591. The molecule has 1 aliphatic rings. The number of carbonyl (C=O) groups is 2. The van der Waals surface area contributed by atoms with Crippen LogP contribution < -0.4 is 0 Å². The topological polar surface area (TPSA) is 60.9 Å². The Morgan fingerprint density at radius 1 is 1.06 bits per heavy atom. The summed E-state index contributed by atoms with van der Waals surface area (Å²) in [5, 5.41) is 9.17. The van der Waals surface area contributed by atoms with Crippen molar-refractivity contribution in [3.05, 3.63) is 77.4 Å². The Kier molecular flexibility index (Phi) is 8.23. The van der Waals surface area contributed by atoms with Gasteiger partial charge < -0.3 is 14.9 Å². The van der Waals surface area contributed by atoms with Crippen LogP contribution in [0, 0.1) is 5.92 Å². The Labute approximate surface area is 191 Å². The van der Waals surface area contributed by atoms with Crippen molar-refractivity contribution in [1.82, 2.24) is 9.80 Å². The lowest BCUT2D eigenvalue weighted by Crippen LogP contribution is -2.47. The second-order valence-corrected chi connectivity index (χ2v) is 9.02. The minimum absolute atomic E-state index is 0.0172. The molecule has 1 aliphatic heterocycles. The normalized spacial score (nSPS) is 15.0. The Hall–Kier alpha value is -2.92. The molecule has 5 heteroatoms. The summed E-state index contributed by atoms with van der Waals surface area (Å²) in [6.45, 7) is 11.9. The van der Waals surface area contributed by atoms with Gasteiger partial charge in [0.1, 0.15) is 0 Å². The Morgan fingerprint density at radius 3 is 2.19 bits per heavy atom. The van der Waals surface area contributed by atoms with Gasteiger partial charge in [-0.15, -0.1) is 0 Å². The van der Waals surface area contributed by atoms with E-state index in [2.05, 4.69) is 25.3 Å². The first-order valence-electron chi connectivity index (χ1n) is 11.5. The Morgan fingerprint density at radius 2 is 1.66 bits per heavy atom. The summed E-state index contributed by atoms with van der Waals surface area (Å²) in [5.41, 5.74) is 2.84. The van der Waals surface area contributed by atoms with Gasteiger partial charge in [-0.25, -0.2) is 4.79 Å². The molecule has 0 aromatic heterocycles. The van der Waals surface area contributed by atoms with Gasteiger partial charge in [-0.05, 0) is 67.1 Å². The first-order valence-corrected chi connectivity index (χ1v) is 11.5. The van der Waals surface area contributed by atoms with Crippen molar-refractivity contribution in [2.45, 2.75) is 45.7 Å². The highest BCUT2D eigenvalue weighted by atomic mass is 16.4. The van der Waals surface area contributed by atoms with Gasteiger partial charge in [-0.2, -0.15) is 0 Å². The number of rotatable bonds is 9. The van der Waals surface area contributed by atoms with E-state index in [0.29, 0.717) is 18.0 Å². The average Bonchev–Trinajstić information content (AvgIpc) is 2.81. The Bertz CT molecular complexity index is 911. The number of aromatic carboxylic acids is 1. The van der Waals surface area contributed by atoms with Crippen LogP contribution in [0.5, 0.6) is 0 Å². The molecule has 0 radical (unpaired) electrons. The maximum absolute atomic E-state index is 13.5. The first kappa shape index (κ1) is 23.7. The van der Waals surface area contributed by atoms with Crippen LogP contribution in [0.1, 0.15) is 65.0 Å². The fraction of sp³-hybridized carbons (Fsp3) is 0.407. The molecule has 5 nitrogen and oxygen atoms in total. The zero-order valence-corrected chi connectivity index (χ0v) is 19.2. The molecule has 0 unspecified atom stereocenters. The third-order valence-electron chi connectivity index (χ3n) is 6.23. The monoisotopic (exact) mass is 434 g/mol. The minimum atomic E-state index is -0.944. The molecule has 1 N–H and O–H groups in total. The van der Waals surface area contributed by atoms with Crippen molar-refractivity contribution in [3.63, 3.8) is 0 Å². The number of carboxylic acid groups (broad SMARTS) is 1. The van der Waals surface area contributed by atoms with E-state index < -0.39 is 5.97 Å².